The van der Waals surface area contributed by atoms with Gasteiger partial charge in [-0.15, -0.1) is 0 Å². The molecule has 4 aromatic rings. The monoisotopic (exact) mass is 652 g/mol. The molecule has 0 saturated carbocycles. The van der Waals surface area contributed by atoms with Gasteiger partial charge in [-0.1, -0.05) is 42.0 Å². The molecule has 9 heteroatoms. The van der Waals surface area contributed by atoms with E-state index < -0.39 is 23.9 Å². The van der Waals surface area contributed by atoms with E-state index in [2.05, 4.69) is 53.6 Å². The number of nitrogens with zero attached hydrogens (tertiary/aromatic N) is 3. The van der Waals surface area contributed by atoms with Crippen molar-refractivity contribution in [2.24, 2.45) is 5.73 Å². The van der Waals surface area contributed by atoms with Crippen molar-refractivity contribution >= 4 is 17.4 Å². The van der Waals surface area contributed by atoms with E-state index in [0.29, 0.717) is 13.0 Å². The molecule has 7 rings (SSSR count). The van der Waals surface area contributed by atoms with Crippen LogP contribution in [0.3, 0.4) is 0 Å². The Labute approximate surface area is 283 Å². The third-order valence-corrected chi connectivity index (χ3v) is 9.19. The molecule has 5 heterocycles. The first kappa shape index (κ1) is 33.7. The lowest BCUT2D eigenvalue weighted by molar-refractivity contribution is -0.164. The molecular formula is C39H48N4O5. The lowest BCUT2D eigenvalue weighted by Crippen LogP contribution is -2.45. The van der Waals surface area contributed by atoms with Gasteiger partial charge in [-0.25, -0.2) is 9.78 Å². The molecule has 0 amide bonds. The number of ether oxygens (including phenoxy) is 4. The van der Waals surface area contributed by atoms with Gasteiger partial charge in [0.15, 0.2) is 12.3 Å². The van der Waals surface area contributed by atoms with E-state index >= 15 is 0 Å². The SMILES string of the molecule is COC(=O)C(OC(C)(C)C)c1c(C)cc2nc3cn2c1N1CCC(C)(CC1)OCC=CCC(N)Oc1ccc(C)cc1-c1cccc-3c1. The van der Waals surface area contributed by atoms with Gasteiger partial charge in [0.1, 0.15) is 17.2 Å². The van der Waals surface area contributed by atoms with Gasteiger partial charge >= 0.3 is 5.97 Å². The van der Waals surface area contributed by atoms with Crippen molar-refractivity contribution in [2.75, 3.05) is 31.7 Å². The number of aromatic nitrogens is 2. The predicted molar refractivity (Wildman–Crippen MR) is 189 cm³/mol. The normalized spacial score (nSPS) is 20.8. The minimum atomic E-state index is -0.921. The molecule has 9 nitrogen and oxygen atoms in total. The number of benzene rings is 2. The fraction of sp³-hybridized carbons (Fsp3) is 0.436. The standard InChI is InChI=1S/C39H48N4O5/c1-25-14-15-31-29(21-25)27-11-10-12-28(23-27)30-24-43-33(41-30)22-26(2)34(35(37(44)45-7)48-38(3,4)5)36(43)42-18-16-39(6,17-19-42)46-20-9-8-13-32(40)47-31/h8-12,14-15,21-24,32,35H,13,16-20,40H2,1-7H3. The summed E-state index contributed by atoms with van der Waals surface area (Å²) in [5.41, 5.74) is 12.9. The molecule has 3 aliphatic rings. The Hall–Kier alpha value is -4.18. The number of nitrogens with two attached hydrogens (primary N) is 1. The highest BCUT2D eigenvalue weighted by Gasteiger charge is 2.37. The lowest BCUT2D eigenvalue weighted by atomic mass is 9.92. The van der Waals surface area contributed by atoms with Crippen LogP contribution in [0.5, 0.6) is 5.75 Å². The van der Waals surface area contributed by atoms with E-state index in [0.717, 1.165) is 82.2 Å². The number of anilines is 1. The summed E-state index contributed by atoms with van der Waals surface area (Å²) in [5.74, 6) is 1.18. The van der Waals surface area contributed by atoms with E-state index in [1.807, 2.05) is 64.1 Å². The Morgan fingerprint density at radius 1 is 1.06 bits per heavy atom. The molecule has 2 N–H and O–H groups in total. The molecule has 0 aliphatic carbocycles. The quantitative estimate of drug-likeness (QED) is 0.182. The van der Waals surface area contributed by atoms with Gasteiger partial charge in [-0.3, -0.25) is 10.1 Å². The van der Waals surface area contributed by atoms with Crippen LogP contribution >= 0.6 is 0 Å². The van der Waals surface area contributed by atoms with Gasteiger partial charge in [0, 0.05) is 42.4 Å². The van der Waals surface area contributed by atoms with E-state index in [-0.39, 0.29) is 5.60 Å². The van der Waals surface area contributed by atoms with Crippen LogP contribution in [-0.4, -0.2) is 59.6 Å². The molecule has 254 valence electrons. The summed E-state index contributed by atoms with van der Waals surface area (Å²) in [6, 6.07) is 16.5. The second-order valence-electron chi connectivity index (χ2n) is 14.2. The number of pyridine rings is 1. The first-order valence-electron chi connectivity index (χ1n) is 16.8. The maximum Gasteiger partial charge on any atom is 0.339 e. The molecule has 0 spiro atoms. The number of hydrogen-bond donors (Lipinski definition) is 1. The predicted octanol–water partition coefficient (Wildman–Crippen LogP) is 7.31. The summed E-state index contributed by atoms with van der Waals surface area (Å²) in [5, 5.41) is 0. The van der Waals surface area contributed by atoms with Crippen molar-refractivity contribution in [3.63, 3.8) is 0 Å². The average molecular weight is 653 g/mol. The number of rotatable bonds is 3. The summed E-state index contributed by atoms with van der Waals surface area (Å²) in [7, 11) is 1.41. The molecule has 2 aromatic heterocycles. The molecule has 6 bridgehead atoms. The Morgan fingerprint density at radius 3 is 2.54 bits per heavy atom. The van der Waals surface area contributed by atoms with Crippen molar-refractivity contribution in [3.8, 4) is 28.1 Å². The van der Waals surface area contributed by atoms with Crippen LogP contribution in [0.25, 0.3) is 28.0 Å². The van der Waals surface area contributed by atoms with Gasteiger partial charge in [0.05, 0.1) is 30.6 Å². The summed E-state index contributed by atoms with van der Waals surface area (Å²) in [6.07, 6.45) is 6.87. The Kier molecular flexibility index (Phi) is 9.40. The van der Waals surface area contributed by atoms with Crippen LogP contribution in [0.4, 0.5) is 5.82 Å². The molecule has 2 unspecified atom stereocenters. The highest BCUT2D eigenvalue weighted by molar-refractivity contribution is 5.82. The first-order valence-corrected chi connectivity index (χ1v) is 16.8. The number of hydrogen-bond acceptors (Lipinski definition) is 8. The van der Waals surface area contributed by atoms with Gasteiger partial charge in [-0.2, -0.15) is 0 Å². The molecule has 1 fully saturated rings. The fourth-order valence-electron chi connectivity index (χ4n) is 6.63. The molecule has 1 saturated heterocycles. The topological polar surface area (TPSA) is 101 Å². The molecule has 0 radical (unpaired) electrons. The van der Waals surface area contributed by atoms with Crippen molar-refractivity contribution < 1.29 is 23.7 Å². The highest BCUT2D eigenvalue weighted by atomic mass is 16.6. The first-order chi connectivity index (χ1) is 22.8. The van der Waals surface area contributed by atoms with E-state index in [4.69, 9.17) is 29.7 Å². The maximum atomic E-state index is 13.4. The van der Waals surface area contributed by atoms with Crippen LogP contribution in [0.1, 0.15) is 69.8 Å². The number of esters is 1. The van der Waals surface area contributed by atoms with Crippen LogP contribution in [0.15, 0.2) is 66.9 Å². The third-order valence-electron chi connectivity index (χ3n) is 9.19. The average Bonchev–Trinajstić information content (AvgIpc) is 3.47. The van der Waals surface area contributed by atoms with Crippen molar-refractivity contribution in [3.05, 3.63) is 83.6 Å². The zero-order chi connectivity index (χ0) is 34.2. The minimum absolute atomic E-state index is 0.301. The van der Waals surface area contributed by atoms with Crippen molar-refractivity contribution in [1.29, 1.82) is 0 Å². The number of piperidine rings is 1. The van der Waals surface area contributed by atoms with Gasteiger partial charge < -0.3 is 23.8 Å². The van der Waals surface area contributed by atoms with Gasteiger partial charge in [-0.05, 0) is 89.8 Å². The summed E-state index contributed by atoms with van der Waals surface area (Å²) in [6.45, 7) is 14.1. The zero-order valence-electron chi connectivity index (χ0n) is 29.2. The molecule has 2 aromatic carbocycles. The van der Waals surface area contributed by atoms with E-state index in [1.54, 1.807) is 0 Å². The fourth-order valence-corrected chi connectivity index (χ4v) is 6.63. The van der Waals surface area contributed by atoms with Crippen LogP contribution in [0.2, 0.25) is 0 Å². The summed E-state index contributed by atoms with van der Waals surface area (Å²) >= 11 is 0. The smallest absolute Gasteiger partial charge is 0.339 e. The number of carbonyl (C=O) groups is 1. The number of fused-ring (bicyclic) bond motifs is 7. The van der Waals surface area contributed by atoms with Crippen LogP contribution < -0.4 is 15.4 Å². The molecule has 48 heavy (non-hydrogen) atoms. The minimum Gasteiger partial charge on any atom is -0.475 e. The van der Waals surface area contributed by atoms with E-state index in [9.17, 15) is 4.79 Å². The Balaban J connectivity index is 1.55. The summed E-state index contributed by atoms with van der Waals surface area (Å²) < 4.78 is 26.6. The van der Waals surface area contributed by atoms with Crippen LogP contribution in [-0.2, 0) is 19.0 Å². The molecular weight excluding hydrogens is 604 g/mol. The highest BCUT2D eigenvalue weighted by Crippen LogP contribution is 2.40. The number of aryl methyl sites for hydroxylation is 2. The van der Waals surface area contributed by atoms with Crippen molar-refractivity contribution in [2.45, 2.75) is 84.3 Å². The zero-order valence-corrected chi connectivity index (χ0v) is 29.2. The number of methoxy groups -OCH3 is 1. The number of imidazole rings is 1. The largest absolute Gasteiger partial charge is 0.475 e. The Morgan fingerprint density at radius 2 is 1.81 bits per heavy atom. The summed E-state index contributed by atoms with van der Waals surface area (Å²) in [4.78, 5) is 20.9. The second kappa shape index (κ2) is 13.4. The van der Waals surface area contributed by atoms with Crippen molar-refractivity contribution in [1.82, 2.24) is 9.38 Å². The van der Waals surface area contributed by atoms with Gasteiger partial charge in [0.2, 0.25) is 0 Å². The number of carbonyl (C=O) groups excluding carboxylic acids is 1. The molecule has 3 aliphatic heterocycles. The van der Waals surface area contributed by atoms with Gasteiger partial charge in [0.25, 0.3) is 0 Å². The maximum absolute atomic E-state index is 13.4. The lowest BCUT2D eigenvalue weighted by Gasteiger charge is -2.41. The Bertz CT molecular complexity index is 1830. The second-order valence-corrected chi connectivity index (χ2v) is 14.2. The van der Waals surface area contributed by atoms with E-state index in [1.165, 1.54) is 7.11 Å². The van der Waals surface area contributed by atoms with Crippen LogP contribution in [0, 0.1) is 13.8 Å². The third kappa shape index (κ3) is 7.14. The molecule has 2 atom stereocenters.